The third-order valence-electron chi connectivity index (χ3n) is 7.83. The lowest BCUT2D eigenvalue weighted by molar-refractivity contribution is -0.125. The maximum atomic E-state index is 14.1. The molecule has 1 aliphatic carbocycles. The second-order valence-corrected chi connectivity index (χ2v) is 11.0. The van der Waals surface area contributed by atoms with Crippen molar-refractivity contribution in [3.05, 3.63) is 69.3 Å². The van der Waals surface area contributed by atoms with Crippen LogP contribution in [0.5, 0.6) is 5.75 Å². The maximum Gasteiger partial charge on any atom is 0.332 e. The fourth-order valence-electron chi connectivity index (χ4n) is 5.27. The van der Waals surface area contributed by atoms with E-state index in [4.69, 9.17) is 19.6 Å². The van der Waals surface area contributed by atoms with Crippen LogP contribution in [0.15, 0.2) is 56.9 Å². The first-order valence-electron chi connectivity index (χ1n) is 13.6. The van der Waals surface area contributed by atoms with Crippen molar-refractivity contribution in [2.75, 3.05) is 7.11 Å². The number of primary amides is 1. The first kappa shape index (κ1) is 28.2. The zero-order chi connectivity index (χ0) is 29.3. The van der Waals surface area contributed by atoms with Crippen LogP contribution >= 0.6 is 0 Å². The highest BCUT2D eigenvalue weighted by molar-refractivity contribution is 5.82. The Balaban J connectivity index is 1.71. The Bertz CT molecular complexity index is 1670. The number of fused-ring (bicyclic) bond motifs is 1. The number of methoxy groups -OCH3 is 1. The molecule has 3 aromatic heterocycles. The highest BCUT2D eigenvalue weighted by Gasteiger charge is 2.34. The van der Waals surface area contributed by atoms with Crippen molar-refractivity contribution in [2.45, 2.75) is 70.7 Å². The Hall–Kier alpha value is -4.32. The van der Waals surface area contributed by atoms with Gasteiger partial charge >= 0.3 is 5.69 Å². The van der Waals surface area contributed by atoms with Crippen LogP contribution in [0.4, 0.5) is 0 Å². The van der Waals surface area contributed by atoms with Crippen molar-refractivity contribution in [3.8, 4) is 17.5 Å². The number of carbonyl (C=O) groups is 1. The minimum Gasteiger partial charge on any atom is -0.496 e. The normalized spacial score (nSPS) is 18.3. The summed E-state index contributed by atoms with van der Waals surface area (Å²) in [5, 5.41) is 0. The molecule has 41 heavy (non-hydrogen) atoms. The Morgan fingerprint density at radius 3 is 2.56 bits per heavy atom. The van der Waals surface area contributed by atoms with E-state index in [1.54, 1.807) is 7.11 Å². The molecule has 3 heterocycles. The summed E-state index contributed by atoms with van der Waals surface area (Å²) in [5.41, 5.74) is 3.32. The predicted octanol–water partition coefficient (Wildman–Crippen LogP) is 3.17. The molecule has 0 bridgehead atoms. The quantitative estimate of drug-likeness (QED) is 0.323. The van der Waals surface area contributed by atoms with Crippen molar-refractivity contribution in [3.63, 3.8) is 0 Å². The lowest BCUT2D eigenvalue weighted by atomic mass is 9.88. The topological polar surface area (TPSA) is 157 Å². The van der Waals surface area contributed by atoms with Gasteiger partial charge in [0.2, 0.25) is 11.7 Å². The molecular weight excluding hydrogens is 528 g/mol. The van der Waals surface area contributed by atoms with E-state index in [1.165, 1.54) is 37.1 Å². The molecule has 0 radical (unpaired) electrons. The van der Waals surface area contributed by atoms with Crippen LogP contribution in [0.2, 0.25) is 0 Å². The molecule has 216 valence electrons. The largest absolute Gasteiger partial charge is 0.496 e. The summed E-state index contributed by atoms with van der Waals surface area (Å²) >= 11 is 0. The van der Waals surface area contributed by atoms with Gasteiger partial charge in [0, 0.05) is 5.56 Å². The number of oxazole rings is 1. The first-order chi connectivity index (χ1) is 19.6. The molecule has 5 rings (SSSR count). The number of benzene rings is 1. The molecule has 1 fully saturated rings. The summed E-state index contributed by atoms with van der Waals surface area (Å²) in [6.07, 6.45) is 7.39. The van der Waals surface area contributed by atoms with Gasteiger partial charge in [0.25, 0.3) is 11.4 Å². The number of hydrogen-bond donors (Lipinski definition) is 1. The van der Waals surface area contributed by atoms with Crippen LogP contribution < -0.4 is 21.7 Å². The highest BCUT2D eigenvalue weighted by atomic mass is 16.5. The molecule has 1 atom stereocenters. The molecule has 12 nitrogen and oxygen atoms in total. The Labute approximate surface area is 236 Å². The van der Waals surface area contributed by atoms with E-state index in [2.05, 4.69) is 21.9 Å². The van der Waals surface area contributed by atoms with Gasteiger partial charge < -0.3 is 19.6 Å². The molecule has 1 aromatic carbocycles. The number of amides is 1. The van der Waals surface area contributed by atoms with E-state index in [9.17, 15) is 14.4 Å². The van der Waals surface area contributed by atoms with E-state index in [0.717, 1.165) is 35.8 Å². The van der Waals surface area contributed by atoms with Crippen LogP contribution in [0.1, 0.15) is 58.1 Å². The Morgan fingerprint density at radius 1 is 1.17 bits per heavy atom. The van der Waals surface area contributed by atoms with E-state index < -0.39 is 28.8 Å². The summed E-state index contributed by atoms with van der Waals surface area (Å²) in [6.45, 7) is 5.07. The van der Waals surface area contributed by atoms with Gasteiger partial charge in [0.15, 0.2) is 5.52 Å². The van der Waals surface area contributed by atoms with Gasteiger partial charge in [-0.2, -0.15) is 0 Å². The summed E-state index contributed by atoms with van der Waals surface area (Å²) in [5.74, 6) is 0.542. The monoisotopic (exact) mass is 562 g/mol. The minimum atomic E-state index is -1.65. The van der Waals surface area contributed by atoms with Crippen molar-refractivity contribution in [1.82, 2.24) is 24.1 Å². The third kappa shape index (κ3) is 5.39. The number of nitrogens with two attached hydrogens (primary N) is 1. The van der Waals surface area contributed by atoms with E-state index >= 15 is 0 Å². The number of aromatic nitrogens is 5. The molecule has 2 N–H and O–H groups in total. The molecule has 1 aliphatic rings. The predicted molar refractivity (Wildman–Crippen MR) is 150 cm³/mol. The van der Waals surface area contributed by atoms with Gasteiger partial charge in [-0.25, -0.2) is 24.3 Å². The molecule has 1 amide bonds. The second-order valence-electron chi connectivity index (χ2n) is 11.0. The number of para-hydroxylation sites is 1. The van der Waals surface area contributed by atoms with Gasteiger partial charge in [-0.3, -0.25) is 14.2 Å². The highest BCUT2D eigenvalue weighted by Crippen LogP contribution is 2.34. The fourth-order valence-corrected chi connectivity index (χ4v) is 5.27. The molecule has 12 heteroatoms. The van der Waals surface area contributed by atoms with E-state index in [0.29, 0.717) is 11.7 Å². The molecule has 0 saturated heterocycles. The zero-order valence-electron chi connectivity index (χ0n) is 23.6. The summed E-state index contributed by atoms with van der Waals surface area (Å²) in [7, 11) is 1.58. The number of carbonyl (C=O) groups excluding carboxylic acids is 1. The molecule has 0 aliphatic heterocycles. The number of nitrogens with zero attached hydrogens (tertiary/aromatic N) is 5. The van der Waals surface area contributed by atoms with Gasteiger partial charge in [-0.15, -0.1) is 0 Å². The van der Waals surface area contributed by atoms with Crippen molar-refractivity contribution in [2.24, 2.45) is 11.7 Å². The van der Waals surface area contributed by atoms with Gasteiger partial charge in [-0.1, -0.05) is 25.1 Å². The lowest BCUT2D eigenvalue weighted by Gasteiger charge is -2.32. The number of hydrogen-bond acceptors (Lipinski definition) is 9. The van der Waals surface area contributed by atoms with Gasteiger partial charge in [0.1, 0.15) is 23.7 Å². The van der Waals surface area contributed by atoms with Crippen molar-refractivity contribution in [1.29, 1.82) is 0 Å². The molecule has 0 spiro atoms. The van der Waals surface area contributed by atoms with Gasteiger partial charge in [-0.05, 0) is 51.5 Å². The summed E-state index contributed by atoms with van der Waals surface area (Å²) in [6, 6.07) is 7.46. The molecule has 0 unspecified atom stereocenters. The standard InChI is InChI=1S/C29H34N6O6/c1-17-9-11-18(12-10-17)41-22(19-7-5-6-8-21(19)39-4)16-34-20-15-32-24(25-31-13-14-40-25)33-23(20)26(36)35(28(34)38)29(2,3)27(30)37/h5-8,13-15,17-18,22H,9-12,16H2,1-4H3,(H2,30,37)/t17?,18?,22-/m0/s1. The van der Waals surface area contributed by atoms with Crippen LogP contribution in [-0.2, 0) is 21.6 Å². The van der Waals surface area contributed by atoms with E-state index in [1.807, 2.05) is 24.3 Å². The van der Waals surface area contributed by atoms with Crippen LogP contribution in [0, 0.1) is 5.92 Å². The van der Waals surface area contributed by atoms with Crippen LogP contribution in [-0.4, -0.2) is 43.2 Å². The summed E-state index contributed by atoms with van der Waals surface area (Å²) < 4.78 is 19.8. The maximum absolute atomic E-state index is 14.1. The van der Waals surface area contributed by atoms with Crippen LogP contribution in [0.25, 0.3) is 22.7 Å². The second kappa shape index (κ2) is 11.3. The minimum absolute atomic E-state index is 0.00140. The zero-order valence-corrected chi connectivity index (χ0v) is 23.6. The smallest absolute Gasteiger partial charge is 0.332 e. The fraction of sp³-hybridized carbons (Fsp3) is 0.448. The van der Waals surface area contributed by atoms with Crippen molar-refractivity contribution < 1.29 is 18.7 Å². The first-order valence-corrected chi connectivity index (χ1v) is 13.6. The average Bonchev–Trinajstić information content (AvgIpc) is 3.50. The Morgan fingerprint density at radius 2 is 1.90 bits per heavy atom. The van der Waals surface area contributed by atoms with Crippen LogP contribution in [0.3, 0.4) is 0 Å². The number of rotatable bonds is 9. The SMILES string of the molecule is COc1ccccc1[C@H](Cn1c(=O)n(C(C)(C)C(N)=O)c(=O)c2nc(-c3ncco3)ncc21)OC1CCC(C)CC1. The Kier molecular flexibility index (Phi) is 7.76. The van der Waals surface area contributed by atoms with E-state index in [-0.39, 0.29) is 35.4 Å². The molecule has 1 saturated carbocycles. The molecular formula is C29H34N6O6. The molecule has 4 aromatic rings. The number of ether oxygens (including phenoxy) is 2. The van der Waals surface area contributed by atoms with Crippen molar-refractivity contribution >= 4 is 16.9 Å². The summed E-state index contributed by atoms with van der Waals surface area (Å²) in [4.78, 5) is 53.1. The lowest BCUT2D eigenvalue weighted by Crippen LogP contribution is -2.55. The van der Waals surface area contributed by atoms with Gasteiger partial charge in [0.05, 0.1) is 37.7 Å². The third-order valence-corrected chi connectivity index (χ3v) is 7.83. The average molecular weight is 563 g/mol.